The fourth-order valence-corrected chi connectivity index (χ4v) is 3.65. The molecule has 0 amide bonds. The smallest absolute Gasteiger partial charge is 0.141 e. The number of aliphatic hydroxyl groups excluding tert-OH is 6. The van der Waals surface area contributed by atoms with E-state index in [0.29, 0.717) is 27.4 Å². The minimum absolute atomic E-state index is 0.0820. The Balaban J connectivity index is 1.97. The zero-order valence-electron chi connectivity index (χ0n) is 17.3. The second kappa shape index (κ2) is 10.9. The molecule has 1 aromatic heterocycles. The molecule has 33 heavy (non-hydrogen) atoms. The number of hydrogen-bond acceptors (Lipinski definition) is 10. The van der Waals surface area contributed by atoms with Gasteiger partial charge in [-0.2, -0.15) is 0 Å². The molecule has 0 radical (unpaired) electrons. The monoisotopic (exact) mass is 543 g/mol. The first-order valence-corrected chi connectivity index (χ1v) is 10.9. The van der Waals surface area contributed by atoms with Gasteiger partial charge in [-0.25, -0.2) is 9.97 Å². The molecule has 1 heterocycles. The Labute approximate surface area is 202 Å². The molecule has 178 valence electrons. The van der Waals surface area contributed by atoms with Crippen LogP contribution in [0.1, 0.15) is 11.7 Å². The van der Waals surface area contributed by atoms with Crippen LogP contribution in [0.5, 0.6) is 5.75 Å². The van der Waals surface area contributed by atoms with Crippen molar-refractivity contribution in [3.8, 4) is 5.75 Å². The van der Waals surface area contributed by atoms with E-state index in [1.807, 2.05) is 0 Å². The molecule has 3 rings (SSSR count). The van der Waals surface area contributed by atoms with Gasteiger partial charge in [-0.1, -0.05) is 11.6 Å². The van der Waals surface area contributed by atoms with Crippen LogP contribution >= 0.6 is 27.5 Å². The lowest BCUT2D eigenvalue weighted by atomic mass is 9.94. The van der Waals surface area contributed by atoms with Crippen LogP contribution in [0.4, 0.5) is 11.5 Å². The minimum Gasteiger partial charge on any atom is -0.496 e. The average Bonchev–Trinajstić information content (AvgIpc) is 2.83. The molecule has 3 aromatic rings. The van der Waals surface area contributed by atoms with Crippen molar-refractivity contribution in [3.63, 3.8) is 0 Å². The Bertz CT molecular complexity index is 1120. The van der Waals surface area contributed by atoms with E-state index in [4.69, 9.17) is 21.4 Å². The molecule has 0 aliphatic rings. The van der Waals surface area contributed by atoms with Gasteiger partial charge in [0.25, 0.3) is 0 Å². The van der Waals surface area contributed by atoms with Crippen molar-refractivity contribution in [3.05, 3.63) is 51.7 Å². The Morgan fingerprint density at radius 1 is 1.03 bits per heavy atom. The first kappa shape index (κ1) is 25.5. The quantitative estimate of drug-likeness (QED) is 0.208. The second-order valence-electron chi connectivity index (χ2n) is 7.25. The van der Waals surface area contributed by atoms with Crippen molar-refractivity contribution in [1.82, 2.24) is 9.97 Å². The lowest BCUT2D eigenvalue weighted by Gasteiger charge is -2.29. The van der Waals surface area contributed by atoms with Gasteiger partial charge in [0.2, 0.25) is 0 Å². The average molecular weight is 545 g/mol. The number of ether oxygens (including phenoxy) is 1. The Morgan fingerprint density at radius 3 is 2.39 bits per heavy atom. The molecule has 7 N–H and O–H groups in total. The largest absolute Gasteiger partial charge is 0.496 e. The number of methoxy groups -OCH3 is 1. The van der Waals surface area contributed by atoms with Crippen LogP contribution in [0.3, 0.4) is 0 Å². The number of anilines is 2. The Kier molecular flexibility index (Phi) is 8.43. The number of hydrogen-bond donors (Lipinski definition) is 7. The highest BCUT2D eigenvalue weighted by molar-refractivity contribution is 9.10. The van der Waals surface area contributed by atoms with Gasteiger partial charge in [-0.3, -0.25) is 0 Å². The maximum absolute atomic E-state index is 10.7. The Hall–Kier alpha value is -2.09. The van der Waals surface area contributed by atoms with Crippen LogP contribution in [-0.2, 0) is 0 Å². The zero-order valence-corrected chi connectivity index (χ0v) is 19.6. The SMILES string of the molecule is COc1cc2c(Nc3ccc(Br)c(Cl)c3)ncnc2cc1C(O)[C@@H](O)[C@H](O)[C@@H](O)[C@@H](O)CO. The molecule has 0 saturated heterocycles. The predicted molar refractivity (Wildman–Crippen MR) is 125 cm³/mol. The summed E-state index contributed by atoms with van der Waals surface area (Å²) in [5.41, 5.74) is 1.14. The molecule has 0 aliphatic heterocycles. The molecule has 0 spiro atoms. The van der Waals surface area contributed by atoms with E-state index in [2.05, 4.69) is 31.2 Å². The third-order valence-corrected chi connectivity index (χ3v) is 6.32. The number of benzene rings is 2. The van der Waals surface area contributed by atoms with Crippen LogP contribution in [0, 0.1) is 0 Å². The number of rotatable bonds is 9. The van der Waals surface area contributed by atoms with Gasteiger partial charge in [-0.15, -0.1) is 0 Å². The molecule has 0 bridgehead atoms. The minimum atomic E-state index is -1.95. The van der Waals surface area contributed by atoms with Crippen molar-refractivity contribution in [2.75, 3.05) is 19.0 Å². The maximum atomic E-state index is 10.7. The highest BCUT2D eigenvalue weighted by Gasteiger charge is 2.36. The van der Waals surface area contributed by atoms with E-state index in [9.17, 15) is 25.5 Å². The van der Waals surface area contributed by atoms with E-state index in [0.717, 1.165) is 4.47 Å². The third kappa shape index (κ3) is 5.53. The fraction of sp³-hybridized carbons (Fsp3) is 0.333. The number of nitrogens with one attached hydrogen (secondary N) is 1. The molecule has 2 aromatic carbocycles. The topological polar surface area (TPSA) is 168 Å². The van der Waals surface area contributed by atoms with E-state index >= 15 is 0 Å². The summed E-state index contributed by atoms with van der Waals surface area (Å²) in [5, 5.41) is 63.7. The summed E-state index contributed by atoms with van der Waals surface area (Å²) in [4.78, 5) is 8.45. The number of aromatic nitrogens is 2. The van der Waals surface area contributed by atoms with Gasteiger partial charge in [0.1, 0.15) is 48.4 Å². The van der Waals surface area contributed by atoms with Crippen molar-refractivity contribution in [2.24, 2.45) is 0 Å². The van der Waals surface area contributed by atoms with Crippen LogP contribution in [0.2, 0.25) is 5.02 Å². The van der Waals surface area contributed by atoms with Crippen LogP contribution in [0.15, 0.2) is 41.1 Å². The van der Waals surface area contributed by atoms with Gasteiger partial charge in [0.05, 0.1) is 24.3 Å². The molecular formula is C21H23BrClN3O7. The third-order valence-electron chi connectivity index (χ3n) is 5.09. The summed E-state index contributed by atoms with van der Waals surface area (Å²) in [6, 6.07) is 8.28. The van der Waals surface area contributed by atoms with Gasteiger partial charge >= 0.3 is 0 Å². The fourth-order valence-electron chi connectivity index (χ4n) is 3.23. The van der Waals surface area contributed by atoms with Crippen molar-refractivity contribution in [1.29, 1.82) is 0 Å². The van der Waals surface area contributed by atoms with Crippen LogP contribution in [0.25, 0.3) is 10.9 Å². The van der Waals surface area contributed by atoms with E-state index < -0.39 is 37.1 Å². The molecule has 0 saturated carbocycles. The summed E-state index contributed by atoms with van der Waals surface area (Å²) in [6.45, 7) is -0.837. The molecule has 0 fully saturated rings. The van der Waals surface area contributed by atoms with E-state index in [-0.39, 0.29) is 11.3 Å². The first-order valence-electron chi connectivity index (χ1n) is 9.73. The summed E-state index contributed by atoms with van der Waals surface area (Å²) in [6.07, 6.45) is -7.85. The van der Waals surface area contributed by atoms with Crippen LogP contribution in [-0.4, -0.2) is 78.7 Å². The Morgan fingerprint density at radius 2 is 1.76 bits per heavy atom. The van der Waals surface area contributed by atoms with Crippen molar-refractivity contribution in [2.45, 2.75) is 30.5 Å². The number of halogens is 2. The van der Waals surface area contributed by atoms with Gasteiger partial charge in [-0.05, 0) is 46.3 Å². The van der Waals surface area contributed by atoms with E-state index in [1.54, 1.807) is 24.3 Å². The molecule has 12 heteroatoms. The predicted octanol–water partition coefficient (Wildman–Crippen LogP) is 1.27. The van der Waals surface area contributed by atoms with Crippen LogP contribution < -0.4 is 10.1 Å². The van der Waals surface area contributed by atoms with Gasteiger partial charge < -0.3 is 40.7 Å². The molecule has 1 unspecified atom stereocenters. The lowest BCUT2D eigenvalue weighted by Crippen LogP contribution is -2.47. The van der Waals surface area contributed by atoms with E-state index in [1.165, 1.54) is 19.5 Å². The summed E-state index contributed by atoms with van der Waals surface area (Å²) in [7, 11) is 1.36. The molecule has 5 atom stereocenters. The summed E-state index contributed by atoms with van der Waals surface area (Å²) >= 11 is 9.48. The molecule has 0 aliphatic carbocycles. The normalized spacial score (nSPS) is 16.2. The number of aliphatic hydroxyl groups is 6. The first-order chi connectivity index (χ1) is 15.7. The lowest BCUT2D eigenvalue weighted by molar-refractivity contribution is -0.141. The number of nitrogens with zero attached hydrogens (tertiary/aromatic N) is 2. The molecule has 10 nitrogen and oxygen atoms in total. The summed E-state index contributed by atoms with van der Waals surface area (Å²) < 4.78 is 6.09. The standard InChI is InChI=1S/C21H23BrClN3O7/c1-33-16-6-10-14(5-11(16)17(29)19(31)20(32)18(30)15(28)7-27)24-8-25-21(10)26-9-2-3-12(22)13(23)4-9/h2-6,8,15,17-20,27-32H,7H2,1H3,(H,24,25,26)/t15-,17?,18-,19+,20+/m0/s1. The number of fused-ring (bicyclic) bond motifs is 1. The zero-order chi connectivity index (χ0) is 24.3. The van der Waals surface area contributed by atoms with Gasteiger partial charge in [0, 0.05) is 21.1 Å². The highest BCUT2D eigenvalue weighted by atomic mass is 79.9. The second-order valence-corrected chi connectivity index (χ2v) is 8.52. The highest BCUT2D eigenvalue weighted by Crippen LogP contribution is 2.35. The summed E-state index contributed by atoms with van der Waals surface area (Å²) in [5.74, 6) is 0.588. The molecular weight excluding hydrogens is 522 g/mol. The van der Waals surface area contributed by atoms with Crippen molar-refractivity contribution >= 4 is 49.9 Å². The maximum Gasteiger partial charge on any atom is 0.141 e. The van der Waals surface area contributed by atoms with Crippen molar-refractivity contribution < 1.29 is 35.4 Å². The van der Waals surface area contributed by atoms with Gasteiger partial charge in [0.15, 0.2) is 0 Å².